The van der Waals surface area contributed by atoms with Crippen molar-refractivity contribution in [3.63, 3.8) is 0 Å². The molecule has 90 valence electrons. The Morgan fingerprint density at radius 1 is 1.06 bits per heavy atom. The number of ketones is 1. The molecule has 0 spiro atoms. The van der Waals surface area contributed by atoms with E-state index < -0.39 is 24.3 Å². The van der Waals surface area contributed by atoms with Crippen LogP contribution in [0.15, 0.2) is 36.4 Å². The maximum atomic E-state index is 12.6. The third kappa shape index (κ3) is 2.75. The van der Waals surface area contributed by atoms with Crippen molar-refractivity contribution in [1.82, 2.24) is 0 Å². The summed E-state index contributed by atoms with van der Waals surface area (Å²) in [5.74, 6) is -1.99. The summed E-state index contributed by atoms with van der Waals surface area (Å²) in [6, 6.07) is 8.72. The zero-order chi connectivity index (χ0) is 12.5. The molecule has 0 saturated carbocycles. The van der Waals surface area contributed by atoms with Gasteiger partial charge in [0.25, 0.3) is 0 Å². The van der Waals surface area contributed by atoms with Gasteiger partial charge in [-0.2, -0.15) is 13.2 Å². The summed E-state index contributed by atoms with van der Waals surface area (Å²) in [5, 5.41) is 0. The van der Waals surface area contributed by atoms with E-state index >= 15 is 0 Å². The molecule has 0 heterocycles. The minimum atomic E-state index is -4.30. The number of alkyl halides is 3. The second-order valence-electron chi connectivity index (χ2n) is 4.15. The van der Waals surface area contributed by atoms with Crippen molar-refractivity contribution in [3.8, 4) is 0 Å². The number of benzene rings is 1. The van der Waals surface area contributed by atoms with E-state index in [9.17, 15) is 18.0 Å². The topological polar surface area (TPSA) is 17.1 Å². The number of halogens is 3. The molecule has 1 aliphatic carbocycles. The highest BCUT2D eigenvalue weighted by atomic mass is 19.4. The normalized spacial score (nSPS) is 21.2. The molecule has 0 amide bonds. The highest BCUT2D eigenvalue weighted by Crippen LogP contribution is 2.39. The maximum Gasteiger partial charge on any atom is 0.392 e. The molecular formula is C13H11F3O. The van der Waals surface area contributed by atoms with Crippen LogP contribution in [0.4, 0.5) is 13.2 Å². The van der Waals surface area contributed by atoms with Crippen LogP contribution in [-0.4, -0.2) is 12.0 Å². The van der Waals surface area contributed by atoms with Gasteiger partial charge in [-0.15, -0.1) is 0 Å². The van der Waals surface area contributed by atoms with Gasteiger partial charge in [-0.3, -0.25) is 4.79 Å². The molecule has 0 fully saturated rings. The van der Waals surface area contributed by atoms with Crippen molar-refractivity contribution in [1.29, 1.82) is 0 Å². The van der Waals surface area contributed by atoms with E-state index in [0.717, 1.165) is 0 Å². The highest BCUT2D eigenvalue weighted by molar-refractivity contribution is 5.98. The van der Waals surface area contributed by atoms with Crippen molar-refractivity contribution >= 4 is 11.4 Å². The molecule has 0 aliphatic heterocycles. The first kappa shape index (κ1) is 11.9. The van der Waals surface area contributed by atoms with E-state index in [2.05, 4.69) is 0 Å². The van der Waals surface area contributed by atoms with Gasteiger partial charge in [0.1, 0.15) is 0 Å². The molecule has 0 saturated heterocycles. The number of hydrogen-bond acceptors (Lipinski definition) is 1. The molecule has 4 heteroatoms. The summed E-state index contributed by atoms with van der Waals surface area (Å²) in [5.41, 5.74) is 1.17. The van der Waals surface area contributed by atoms with E-state index in [-0.39, 0.29) is 6.42 Å². The lowest BCUT2D eigenvalue weighted by Gasteiger charge is -2.24. The van der Waals surface area contributed by atoms with Gasteiger partial charge in [-0.25, -0.2) is 0 Å². The zero-order valence-corrected chi connectivity index (χ0v) is 9.00. The Morgan fingerprint density at radius 2 is 1.71 bits per heavy atom. The fourth-order valence-electron chi connectivity index (χ4n) is 1.98. The monoisotopic (exact) mass is 240 g/mol. The first-order valence-electron chi connectivity index (χ1n) is 5.32. The maximum absolute atomic E-state index is 12.6. The summed E-state index contributed by atoms with van der Waals surface area (Å²) in [4.78, 5) is 11.3. The largest absolute Gasteiger partial charge is 0.392 e. The number of rotatable bonds is 1. The van der Waals surface area contributed by atoms with Crippen LogP contribution >= 0.6 is 0 Å². The Labute approximate surface area is 96.9 Å². The number of carbonyl (C=O) groups is 1. The smallest absolute Gasteiger partial charge is 0.295 e. The second kappa shape index (κ2) is 4.35. The Kier molecular flexibility index (Phi) is 3.05. The van der Waals surface area contributed by atoms with E-state index in [1.807, 2.05) is 0 Å². The van der Waals surface area contributed by atoms with Gasteiger partial charge in [0.15, 0.2) is 5.78 Å². The highest BCUT2D eigenvalue weighted by Gasteiger charge is 2.42. The average molecular weight is 240 g/mol. The van der Waals surface area contributed by atoms with Gasteiger partial charge in [0, 0.05) is 6.42 Å². The summed E-state index contributed by atoms with van der Waals surface area (Å²) < 4.78 is 37.9. The molecule has 1 atom stereocenters. The molecule has 0 radical (unpaired) electrons. The molecular weight excluding hydrogens is 229 g/mol. The van der Waals surface area contributed by atoms with Crippen LogP contribution in [0.3, 0.4) is 0 Å². The summed E-state index contributed by atoms with van der Waals surface area (Å²) >= 11 is 0. The zero-order valence-electron chi connectivity index (χ0n) is 9.00. The molecule has 17 heavy (non-hydrogen) atoms. The molecule has 1 unspecified atom stereocenters. The van der Waals surface area contributed by atoms with Gasteiger partial charge >= 0.3 is 6.18 Å². The quantitative estimate of drug-likeness (QED) is 0.732. The van der Waals surface area contributed by atoms with E-state index in [1.165, 1.54) is 6.08 Å². The standard InChI is InChI=1S/C13H11F3O/c14-13(15,16)11-6-10(7-12(17)8-11)9-4-2-1-3-5-9/h1-5,7,11H,6,8H2. The van der Waals surface area contributed by atoms with Crippen molar-refractivity contribution in [3.05, 3.63) is 42.0 Å². The lowest BCUT2D eigenvalue weighted by atomic mass is 9.84. The van der Waals surface area contributed by atoms with Crippen LogP contribution in [0.25, 0.3) is 5.57 Å². The molecule has 1 aliphatic rings. The van der Waals surface area contributed by atoms with E-state index in [0.29, 0.717) is 11.1 Å². The number of allylic oxidation sites excluding steroid dienone is 2. The second-order valence-corrected chi connectivity index (χ2v) is 4.15. The molecule has 1 nitrogen and oxygen atoms in total. The van der Waals surface area contributed by atoms with Crippen LogP contribution in [-0.2, 0) is 4.79 Å². The van der Waals surface area contributed by atoms with Gasteiger partial charge < -0.3 is 0 Å². The SMILES string of the molecule is O=C1C=C(c2ccccc2)CC(C(F)(F)F)C1. The molecule has 0 bridgehead atoms. The predicted molar refractivity (Wildman–Crippen MR) is 58.2 cm³/mol. The third-order valence-corrected chi connectivity index (χ3v) is 2.86. The van der Waals surface area contributed by atoms with Gasteiger partial charge in [-0.1, -0.05) is 30.3 Å². The van der Waals surface area contributed by atoms with Crippen molar-refractivity contribution in [2.24, 2.45) is 5.92 Å². The van der Waals surface area contributed by atoms with Crippen molar-refractivity contribution in [2.75, 3.05) is 0 Å². The average Bonchev–Trinajstić information content (AvgIpc) is 2.28. The third-order valence-electron chi connectivity index (χ3n) is 2.86. The summed E-state index contributed by atoms with van der Waals surface area (Å²) in [6.45, 7) is 0. The van der Waals surface area contributed by atoms with Gasteiger partial charge in [0.2, 0.25) is 0 Å². The molecule has 1 aromatic carbocycles. The minimum Gasteiger partial charge on any atom is -0.295 e. The first-order chi connectivity index (χ1) is 7.97. The molecule has 2 rings (SSSR count). The van der Waals surface area contributed by atoms with Gasteiger partial charge in [-0.05, 0) is 23.6 Å². The summed E-state index contributed by atoms with van der Waals surface area (Å²) in [6.07, 6.45) is -3.51. The van der Waals surface area contributed by atoms with E-state index in [4.69, 9.17) is 0 Å². The predicted octanol–water partition coefficient (Wildman–Crippen LogP) is 3.61. The fraction of sp³-hybridized carbons (Fsp3) is 0.308. The van der Waals surface area contributed by atoms with Crippen LogP contribution in [0.2, 0.25) is 0 Å². The molecule has 0 aromatic heterocycles. The van der Waals surface area contributed by atoms with Crippen molar-refractivity contribution < 1.29 is 18.0 Å². The Bertz CT molecular complexity index is 445. The Hall–Kier alpha value is -1.58. The van der Waals surface area contributed by atoms with Crippen molar-refractivity contribution in [2.45, 2.75) is 19.0 Å². The van der Waals surface area contributed by atoms with Crippen LogP contribution in [0.1, 0.15) is 18.4 Å². The van der Waals surface area contributed by atoms with Crippen LogP contribution < -0.4 is 0 Å². The van der Waals surface area contributed by atoms with Gasteiger partial charge in [0.05, 0.1) is 5.92 Å². The van der Waals surface area contributed by atoms with Crippen LogP contribution in [0.5, 0.6) is 0 Å². The minimum absolute atomic E-state index is 0.112. The Balaban J connectivity index is 2.28. The van der Waals surface area contributed by atoms with Crippen LogP contribution in [0, 0.1) is 5.92 Å². The molecule has 0 N–H and O–H groups in total. The number of carbonyl (C=O) groups excluding carboxylic acids is 1. The lowest BCUT2D eigenvalue weighted by Crippen LogP contribution is -2.28. The number of hydrogen-bond donors (Lipinski definition) is 0. The fourth-order valence-corrected chi connectivity index (χ4v) is 1.98. The molecule has 1 aromatic rings. The lowest BCUT2D eigenvalue weighted by molar-refractivity contribution is -0.177. The Morgan fingerprint density at radius 3 is 2.29 bits per heavy atom. The summed E-state index contributed by atoms with van der Waals surface area (Å²) in [7, 11) is 0. The van der Waals surface area contributed by atoms with E-state index in [1.54, 1.807) is 30.3 Å². The first-order valence-corrected chi connectivity index (χ1v) is 5.32.